The summed E-state index contributed by atoms with van der Waals surface area (Å²) in [6.45, 7) is 5.23. The molecule has 0 spiro atoms. The Labute approximate surface area is 67.2 Å². The number of aliphatic hydroxyl groups is 1. The normalized spacial score (nSPS) is 10.1. The molecule has 0 radical (unpaired) electrons. The summed E-state index contributed by atoms with van der Waals surface area (Å²) in [6.07, 6.45) is 0.687. The Bertz CT molecular complexity index is 98.4. The monoisotopic (exact) mass is 160 g/mol. The molecule has 0 bridgehead atoms. The number of aliphatic hydroxyl groups excluding tert-OH is 1. The molecule has 0 saturated carbocycles. The van der Waals surface area contributed by atoms with Crippen molar-refractivity contribution in [3.8, 4) is 0 Å². The Morgan fingerprint density at radius 3 is 2.73 bits per heavy atom. The van der Waals surface area contributed by atoms with Gasteiger partial charge in [0.25, 0.3) is 0 Å². The van der Waals surface area contributed by atoms with Crippen LogP contribution >= 0.6 is 0 Å². The first-order valence-corrected chi connectivity index (χ1v) is 3.85. The van der Waals surface area contributed by atoms with Crippen molar-refractivity contribution >= 4 is 6.41 Å². The van der Waals surface area contributed by atoms with Crippen LogP contribution in [0.3, 0.4) is 0 Å². The zero-order valence-electron chi connectivity index (χ0n) is 6.92. The molecule has 0 rings (SSSR count). The fourth-order valence-electron chi connectivity index (χ4n) is 0.851. The van der Waals surface area contributed by atoms with E-state index in [4.69, 9.17) is 5.11 Å². The fourth-order valence-corrected chi connectivity index (χ4v) is 0.851. The molecule has 0 saturated heterocycles. The van der Waals surface area contributed by atoms with E-state index < -0.39 is 0 Å². The van der Waals surface area contributed by atoms with Gasteiger partial charge in [-0.2, -0.15) is 0 Å². The summed E-state index contributed by atoms with van der Waals surface area (Å²) in [5.41, 5.74) is 0. The van der Waals surface area contributed by atoms with E-state index in [1.807, 2.05) is 6.92 Å². The van der Waals surface area contributed by atoms with E-state index in [-0.39, 0.29) is 6.61 Å². The largest absolute Gasteiger partial charge is 0.395 e. The number of rotatable bonds is 7. The van der Waals surface area contributed by atoms with Gasteiger partial charge in [-0.3, -0.25) is 9.69 Å². The quantitative estimate of drug-likeness (QED) is 0.373. The van der Waals surface area contributed by atoms with Crippen LogP contribution in [0.2, 0.25) is 0 Å². The van der Waals surface area contributed by atoms with Crippen LogP contribution in [0.25, 0.3) is 0 Å². The first kappa shape index (κ1) is 10.4. The van der Waals surface area contributed by atoms with Gasteiger partial charge >= 0.3 is 0 Å². The second-order valence-corrected chi connectivity index (χ2v) is 2.23. The van der Waals surface area contributed by atoms with Crippen LogP contribution < -0.4 is 5.32 Å². The van der Waals surface area contributed by atoms with E-state index in [1.54, 1.807) is 0 Å². The second kappa shape index (κ2) is 7.50. The molecule has 2 N–H and O–H groups in total. The van der Waals surface area contributed by atoms with E-state index in [1.165, 1.54) is 0 Å². The van der Waals surface area contributed by atoms with Gasteiger partial charge in [0.15, 0.2) is 0 Å². The number of hydrogen-bond acceptors (Lipinski definition) is 3. The first-order chi connectivity index (χ1) is 5.35. The number of carbonyl (C=O) groups excluding carboxylic acids is 1. The lowest BCUT2D eigenvalue weighted by Crippen LogP contribution is -2.33. The Hall–Kier alpha value is -0.610. The van der Waals surface area contributed by atoms with Crippen molar-refractivity contribution in [2.45, 2.75) is 6.92 Å². The van der Waals surface area contributed by atoms with E-state index in [2.05, 4.69) is 10.2 Å². The van der Waals surface area contributed by atoms with Crippen molar-refractivity contribution in [2.24, 2.45) is 0 Å². The molecular weight excluding hydrogens is 144 g/mol. The lowest BCUT2D eigenvalue weighted by Gasteiger charge is -2.17. The van der Waals surface area contributed by atoms with Crippen LogP contribution in [0.1, 0.15) is 6.92 Å². The Morgan fingerprint density at radius 2 is 2.27 bits per heavy atom. The minimum absolute atomic E-state index is 0.176. The average Bonchev–Trinajstić information content (AvgIpc) is 2.03. The van der Waals surface area contributed by atoms with Crippen LogP contribution in [0.5, 0.6) is 0 Å². The molecule has 1 amide bonds. The van der Waals surface area contributed by atoms with Crippen LogP contribution in [-0.2, 0) is 4.79 Å². The molecule has 0 fully saturated rings. The maximum atomic E-state index is 9.85. The number of hydrogen-bond donors (Lipinski definition) is 2. The molecular formula is C7H16N2O2. The Balaban J connectivity index is 3.27. The van der Waals surface area contributed by atoms with Gasteiger partial charge in [0, 0.05) is 19.6 Å². The molecule has 0 aromatic rings. The second-order valence-electron chi connectivity index (χ2n) is 2.23. The van der Waals surface area contributed by atoms with Crippen molar-refractivity contribution in [3.05, 3.63) is 0 Å². The van der Waals surface area contributed by atoms with E-state index in [0.717, 1.165) is 13.1 Å². The standard InChI is InChI=1S/C7H16N2O2/c1-2-9(5-6-10)4-3-8-7-11/h7,10H,2-6H2,1H3,(H,8,11). The van der Waals surface area contributed by atoms with Gasteiger partial charge in [0.2, 0.25) is 6.41 Å². The van der Waals surface area contributed by atoms with Gasteiger partial charge in [-0.25, -0.2) is 0 Å². The minimum atomic E-state index is 0.176. The van der Waals surface area contributed by atoms with Crippen LogP contribution in [0.4, 0.5) is 0 Å². The topological polar surface area (TPSA) is 52.6 Å². The summed E-state index contributed by atoms with van der Waals surface area (Å²) in [5.74, 6) is 0. The molecule has 0 atom stereocenters. The summed E-state index contributed by atoms with van der Waals surface area (Å²) < 4.78 is 0. The Morgan fingerprint density at radius 1 is 1.55 bits per heavy atom. The van der Waals surface area contributed by atoms with E-state index in [0.29, 0.717) is 19.5 Å². The molecule has 0 aliphatic heterocycles. The average molecular weight is 160 g/mol. The van der Waals surface area contributed by atoms with Crippen molar-refractivity contribution in [2.75, 3.05) is 32.8 Å². The molecule has 0 unspecified atom stereocenters. The summed E-state index contributed by atoms with van der Waals surface area (Å²) in [6, 6.07) is 0. The molecule has 0 aromatic heterocycles. The highest BCUT2D eigenvalue weighted by Gasteiger charge is 1.98. The van der Waals surface area contributed by atoms with Gasteiger partial charge in [-0.05, 0) is 6.54 Å². The van der Waals surface area contributed by atoms with Crippen molar-refractivity contribution < 1.29 is 9.90 Å². The molecule has 0 heterocycles. The number of amides is 1. The third kappa shape index (κ3) is 5.82. The molecule has 4 heteroatoms. The maximum Gasteiger partial charge on any atom is 0.207 e. The van der Waals surface area contributed by atoms with Gasteiger partial charge in [0.05, 0.1) is 6.61 Å². The van der Waals surface area contributed by atoms with Gasteiger partial charge in [-0.1, -0.05) is 6.92 Å². The summed E-state index contributed by atoms with van der Waals surface area (Å²) >= 11 is 0. The Kier molecular flexibility index (Phi) is 7.08. The predicted molar refractivity (Wildman–Crippen MR) is 43.3 cm³/mol. The lowest BCUT2D eigenvalue weighted by atomic mass is 10.4. The third-order valence-electron chi connectivity index (χ3n) is 1.52. The smallest absolute Gasteiger partial charge is 0.207 e. The summed E-state index contributed by atoms with van der Waals surface area (Å²) in [5, 5.41) is 11.2. The molecule has 4 nitrogen and oxygen atoms in total. The minimum Gasteiger partial charge on any atom is -0.395 e. The van der Waals surface area contributed by atoms with Gasteiger partial charge in [0.1, 0.15) is 0 Å². The third-order valence-corrected chi connectivity index (χ3v) is 1.52. The van der Waals surface area contributed by atoms with Crippen LogP contribution in [0.15, 0.2) is 0 Å². The zero-order valence-corrected chi connectivity index (χ0v) is 6.92. The number of nitrogens with zero attached hydrogens (tertiary/aromatic N) is 1. The zero-order chi connectivity index (χ0) is 8.53. The van der Waals surface area contributed by atoms with E-state index >= 15 is 0 Å². The molecule has 0 aromatic carbocycles. The highest BCUT2D eigenvalue weighted by Crippen LogP contribution is 1.83. The molecule has 0 aliphatic carbocycles. The maximum absolute atomic E-state index is 9.85. The highest BCUT2D eigenvalue weighted by atomic mass is 16.3. The SMILES string of the molecule is CCN(CCO)CCNC=O. The summed E-state index contributed by atoms with van der Waals surface area (Å²) in [4.78, 5) is 11.9. The van der Waals surface area contributed by atoms with Crippen LogP contribution in [0, 0.1) is 0 Å². The predicted octanol–water partition coefficient (Wildman–Crippen LogP) is -0.953. The van der Waals surface area contributed by atoms with Crippen LogP contribution in [-0.4, -0.2) is 49.2 Å². The number of nitrogens with one attached hydrogen (secondary N) is 1. The number of likely N-dealkylation sites (N-methyl/N-ethyl adjacent to an activating group) is 1. The van der Waals surface area contributed by atoms with E-state index in [9.17, 15) is 4.79 Å². The van der Waals surface area contributed by atoms with Crippen molar-refractivity contribution in [1.82, 2.24) is 10.2 Å². The summed E-state index contributed by atoms with van der Waals surface area (Å²) in [7, 11) is 0. The van der Waals surface area contributed by atoms with Crippen molar-refractivity contribution in [3.63, 3.8) is 0 Å². The lowest BCUT2D eigenvalue weighted by molar-refractivity contribution is -0.109. The van der Waals surface area contributed by atoms with Gasteiger partial charge in [-0.15, -0.1) is 0 Å². The molecule has 66 valence electrons. The fraction of sp³-hybridized carbons (Fsp3) is 0.857. The van der Waals surface area contributed by atoms with Gasteiger partial charge < -0.3 is 10.4 Å². The molecule has 11 heavy (non-hydrogen) atoms. The van der Waals surface area contributed by atoms with Crippen molar-refractivity contribution in [1.29, 1.82) is 0 Å². The highest BCUT2D eigenvalue weighted by molar-refractivity contribution is 5.45. The molecule has 0 aliphatic rings. The number of carbonyl (C=O) groups is 1. The first-order valence-electron chi connectivity index (χ1n) is 3.85.